The number of rotatable bonds is 4. The number of fused-ring (bicyclic) bond motifs is 1. The molecule has 0 radical (unpaired) electrons. The summed E-state index contributed by atoms with van der Waals surface area (Å²) >= 11 is 0. The van der Waals surface area contributed by atoms with Crippen LogP contribution in [-0.2, 0) is 23.8 Å². The van der Waals surface area contributed by atoms with Crippen molar-refractivity contribution in [2.75, 3.05) is 25.6 Å². The number of ether oxygens (including phenoxy) is 5. The maximum Gasteiger partial charge on any atom is 0.350 e. The summed E-state index contributed by atoms with van der Waals surface area (Å²) in [5.74, 6) is -1.59. The third kappa shape index (κ3) is 3.85. The second kappa shape index (κ2) is 6.64. The Bertz CT molecular complexity index is 704. The van der Waals surface area contributed by atoms with E-state index in [4.69, 9.17) is 23.7 Å². The summed E-state index contributed by atoms with van der Waals surface area (Å²) in [6, 6.07) is 5.18. The highest BCUT2D eigenvalue weighted by Crippen LogP contribution is 2.34. The number of anilines is 1. The van der Waals surface area contributed by atoms with Crippen LogP contribution in [0.15, 0.2) is 30.0 Å². The Morgan fingerprint density at radius 2 is 1.96 bits per heavy atom. The first-order valence-electron chi connectivity index (χ1n) is 7.74. The Kier molecular flexibility index (Phi) is 4.54. The summed E-state index contributed by atoms with van der Waals surface area (Å²) in [5.41, 5.74) is 0.393. The van der Waals surface area contributed by atoms with Crippen molar-refractivity contribution >= 4 is 17.6 Å². The van der Waals surface area contributed by atoms with Crippen LogP contribution in [0.1, 0.15) is 13.8 Å². The molecule has 2 aliphatic heterocycles. The van der Waals surface area contributed by atoms with Gasteiger partial charge in [0.15, 0.2) is 23.2 Å². The first-order valence-corrected chi connectivity index (χ1v) is 7.74. The summed E-state index contributed by atoms with van der Waals surface area (Å²) in [6.45, 7) is 3.80. The lowest BCUT2D eigenvalue weighted by atomic mass is 10.2. The molecule has 25 heavy (non-hydrogen) atoms. The molecule has 0 amide bonds. The molecule has 8 nitrogen and oxygen atoms in total. The van der Waals surface area contributed by atoms with Crippen LogP contribution in [0.4, 0.5) is 5.69 Å². The largest absolute Gasteiger partial charge is 0.486 e. The highest BCUT2D eigenvalue weighted by atomic mass is 16.7. The van der Waals surface area contributed by atoms with Crippen molar-refractivity contribution in [2.45, 2.75) is 25.7 Å². The van der Waals surface area contributed by atoms with Crippen molar-refractivity contribution in [3.05, 3.63) is 30.0 Å². The van der Waals surface area contributed by atoms with Crippen LogP contribution in [0.2, 0.25) is 0 Å². The molecule has 1 unspecified atom stereocenters. The third-order valence-corrected chi connectivity index (χ3v) is 3.51. The van der Waals surface area contributed by atoms with Gasteiger partial charge in [0.1, 0.15) is 6.61 Å². The average molecular weight is 349 g/mol. The van der Waals surface area contributed by atoms with Gasteiger partial charge in [-0.05, 0) is 12.1 Å². The topological polar surface area (TPSA) is 92.3 Å². The predicted octanol–water partition coefficient (Wildman–Crippen LogP) is 1.60. The Morgan fingerprint density at radius 3 is 2.64 bits per heavy atom. The Morgan fingerprint density at radius 1 is 1.24 bits per heavy atom. The summed E-state index contributed by atoms with van der Waals surface area (Å²) in [7, 11) is 1.59. The number of hydrogen-bond donors (Lipinski definition) is 1. The molecule has 0 aliphatic carbocycles. The second-order valence-electron chi connectivity index (χ2n) is 6.05. The standard InChI is InChI=1S/C17H19NO7/c1-17(2)24-15(19)12(16(20)25-17)7-18-10-4-5-13-14(6-10)23-11(8-21-3)9-22-13/h4-7,11,18H,8-9H2,1-3H3. The van der Waals surface area contributed by atoms with E-state index >= 15 is 0 Å². The van der Waals surface area contributed by atoms with Gasteiger partial charge in [-0.25, -0.2) is 9.59 Å². The highest BCUT2D eigenvalue weighted by molar-refractivity contribution is 6.15. The number of benzene rings is 1. The first kappa shape index (κ1) is 17.1. The molecule has 0 spiro atoms. The van der Waals surface area contributed by atoms with E-state index in [2.05, 4.69) is 5.32 Å². The van der Waals surface area contributed by atoms with Gasteiger partial charge < -0.3 is 29.0 Å². The van der Waals surface area contributed by atoms with Crippen LogP contribution in [0, 0.1) is 0 Å². The first-order chi connectivity index (χ1) is 11.9. The van der Waals surface area contributed by atoms with E-state index in [0.717, 1.165) is 0 Å². The molecule has 1 N–H and O–H groups in total. The molecule has 1 aromatic carbocycles. The summed E-state index contributed by atoms with van der Waals surface area (Å²) < 4.78 is 26.5. The van der Waals surface area contributed by atoms with Gasteiger partial charge in [0.25, 0.3) is 5.79 Å². The minimum absolute atomic E-state index is 0.198. The van der Waals surface area contributed by atoms with Gasteiger partial charge in [-0.1, -0.05) is 0 Å². The SMILES string of the molecule is COCC1COc2ccc(NC=C3C(=O)OC(C)(C)OC3=O)cc2O1. The van der Waals surface area contributed by atoms with Crippen molar-refractivity contribution in [1.82, 2.24) is 0 Å². The van der Waals surface area contributed by atoms with E-state index in [-0.39, 0.29) is 11.7 Å². The van der Waals surface area contributed by atoms with E-state index in [9.17, 15) is 9.59 Å². The van der Waals surface area contributed by atoms with Gasteiger partial charge in [-0.15, -0.1) is 0 Å². The number of nitrogens with one attached hydrogen (secondary N) is 1. The average Bonchev–Trinajstić information content (AvgIpc) is 2.53. The van der Waals surface area contributed by atoms with Crippen LogP contribution in [-0.4, -0.2) is 44.2 Å². The fourth-order valence-electron chi connectivity index (χ4n) is 2.41. The molecule has 0 bridgehead atoms. The summed E-state index contributed by atoms with van der Waals surface area (Å²) in [6.07, 6.45) is 1.05. The maximum atomic E-state index is 11.9. The van der Waals surface area contributed by atoms with E-state index in [0.29, 0.717) is 30.4 Å². The Balaban J connectivity index is 1.73. The number of carbonyl (C=O) groups excluding carboxylic acids is 2. The van der Waals surface area contributed by atoms with Crippen LogP contribution in [0.5, 0.6) is 11.5 Å². The van der Waals surface area contributed by atoms with E-state index in [1.165, 1.54) is 20.0 Å². The van der Waals surface area contributed by atoms with Gasteiger partial charge in [0, 0.05) is 38.9 Å². The van der Waals surface area contributed by atoms with E-state index in [1.807, 2.05) is 0 Å². The molecule has 8 heteroatoms. The quantitative estimate of drug-likeness (QED) is 0.498. The van der Waals surface area contributed by atoms with Crippen LogP contribution >= 0.6 is 0 Å². The monoisotopic (exact) mass is 349 g/mol. The van der Waals surface area contributed by atoms with Crippen molar-refractivity contribution in [3.8, 4) is 11.5 Å². The normalized spacial score (nSPS) is 21.2. The van der Waals surface area contributed by atoms with E-state index in [1.54, 1.807) is 25.3 Å². The Labute approximate surface area is 144 Å². The molecule has 2 aliphatic rings. The molecule has 134 valence electrons. The lowest BCUT2D eigenvalue weighted by Crippen LogP contribution is -2.42. The fourth-order valence-corrected chi connectivity index (χ4v) is 2.41. The van der Waals surface area contributed by atoms with E-state index < -0.39 is 17.7 Å². The lowest BCUT2D eigenvalue weighted by molar-refractivity contribution is -0.222. The zero-order valence-electron chi connectivity index (χ0n) is 14.2. The zero-order chi connectivity index (χ0) is 18.0. The molecule has 1 fully saturated rings. The second-order valence-corrected chi connectivity index (χ2v) is 6.05. The van der Waals surface area contributed by atoms with Crippen molar-refractivity contribution in [3.63, 3.8) is 0 Å². The molecular formula is C17H19NO7. The van der Waals surface area contributed by atoms with Crippen molar-refractivity contribution in [1.29, 1.82) is 0 Å². The molecule has 0 saturated carbocycles. The van der Waals surface area contributed by atoms with Gasteiger partial charge in [-0.2, -0.15) is 0 Å². The Hall–Kier alpha value is -2.74. The summed E-state index contributed by atoms with van der Waals surface area (Å²) in [5, 5.41) is 2.87. The van der Waals surface area contributed by atoms with Crippen LogP contribution in [0.25, 0.3) is 0 Å². The molecule has 1 atom stereocenters. The lowest BCUT2D eigenvalue weighted by Gasteiger charge is -2.29. The van der Waals surface area contributed by atoms with Gasteiger partial charge >= 0.3 is 11.9 Å². The molecular weight excluding hydrogens is 330 g/mol. The molecule has 1 saturated heterocycles. The minimum atomic E-state index is -1.27. The number of carbonyl (C=O) groups is 2. The zero-order valence-corrected chi connectivity index (χ0v) is 14.2. The predicted molar refractivity (Wildman–Crippen MR) is 86.2 cm³/mol. The van der Waals surface area contributed by atoms with Crippen LogP contribution in [0.3, 0.4) is 0 Å². The number of hydrogen-bond acceptors (Lipinski definition) is 8. The number of cyclic esters (lactones) is 2. The third-order valence-electron chi connectivity index (χ3n) is 3.51. The molecule has 1 aromatic rings. The van der Waals surface area contributed by atoms with Crippen molar-refractivity contribution < 1.29 is 33.3 Å². The van der Waals surface area contributed by atoms with Crippen LogP contribution < -0.4 is 14.8 Å². The smallest absolute Gasteiger partial charge is 0.350 e. The van der Waals surface area contributed by atoms with Gasteiger partial charge in [0.2, 0.25) is 0 Å². The number of methoxy groups -OCH3 is 1. The highest BCUT2D eigenvalue weighted by Gasteiger charge is 2.38. The molecule has 2 heterocycles. The minimum Gasteiger partial charge on any atom is -0.486 e. The molecule has 0 aromatic heterocycles. The number of esters is 2. The van der Waals surface area contributed by atoms with Crippen molar-refractivity contribution in [2.24, 2.45) is 0 Å². The van der Waals surface area contributed by atoms with Gasteiger partial charge in [0.05, 0.1) is 6.61 Å². The summed E-state index contributed by atoms with van der Waals surface area (Å²) in [4.78, 5) is 23.8. The van der Waals surface area contributed by atoms with Gasteiger partial charge in [-0.3, -0.25) is 0 Å². The molecule has 3 rings (SSSR count). The maximum absolute atomic E-state index is 11.9. The fraction of sp³-hybridized carbons (Fsp3) is 0.412.